The number of hydrogen-bond acceptors (Lipinski definition) is 3. The predicted molar refractivity (Wildman–Crippen MR) is 88.8 cm³/mol. The van der Waals surface area contributed by atoms with Gasteiger partial charge in [0.2, 0.25) is 5.91 Å². The molecule has 1 saturated heterocycles. The molecule has 22 heavy (non-hydrogen) atoms. The third-order valence-corrected chi connectivity index (χ3v) is 5.17. The zero-order valence-electron chi connectivity index (χ0n) is 12.9. The van der Waals surface area contributed by atoms with Crippen molar-refractivity contribution in [1.29, 1.82) is 0 Å². The standard InChI is InChI=1S/C17H23N3OS/c21-17(5-4-15-7-12-22-13-15)20-9-2-1-3-16(20)6-10-19-11-8-18-14-19/h7-8,11-14,16H,1-6,9-10H2/t16-/m0/s1. The van der Waals surface area contributed by atoms with Crippen molar-refractivity contribution in [2.24, 2.45) is 0 Å². The first-order valence-corrected chi connectivity index (χ1v) is 9.03. The Morgan fingerprint density at radius 3 is 3.14 bits per heavy atom. The molecule has 0 aliphatic carbocycles. The molecule has 3 heterocycles. The zero-order valence-corrected chi connectivity index (χ0v) is 13.7. The van der Waals surface area contributed by atoms with Gasteiger partial charge >= 0.3 is 0 Å². The van der Waals surface area contributed by atoms with Crippen LogP contribution in [0, 0.1) is 0 Å². The summed E-state index contributed by atoms with van der Waals surface area (Å²) < 4.78 is 2.10. The fourth-order valence-corrected chi connectivity index (χ4v) is 3.88. The minimum absolute atomic E-state index is 0.321. The molecule has 5 heteroatoms. The fourth-order valence-electron chi connectivity index (χ4n) is 3.18. The molecule has 0 bridgehead atoms. The van der Waals surface area contributed by atoms with Crippen molar-refractivity contribution in [2.75, 3.05) is 6.54 Å². The number of nitrogens with zero attached hydrogens (tertiary/aromatic N) is 3. The highest BCUT2D eigenvalue weighted by atomic mass is 32.1. The molecule has 1 aliphatic heterocycles. The Balaban J connectivity index is 1.53. The van der Waals surface area contributed by atoms with Crippen LogP contribution in [0.15, 0.2) is 35.5 Å². The van der Waals surface area contributed by atoms with E-state index in [4.69, 9.17) is 0 Å². The van der Waals surface area contributed by atoms with Gasteiger partial charge in [-0.15, -0.1) is 0 Å². The number of likely N-dealkylation sites (tertiary alicyclic amines) is 1. The minimum atomic E-state index is 0.321. The van der Waals surface area contributed by atoms with Gasteiger partial charge in [0.25, 0.3) is 0 Å². The summed E-state index contributed by atoms with van der Waals surface area (Å²) in [5.41, 5.74) is 1.28. The van der Waals surface area contributed by atoms with Gasteiger partial charge in [-0.3, -0.25) is 4.79 Å². The molecule has 1 fully saturated rings. The molecule has 0 unspecified atom stereocenters. The van der Waals surface area contributed by atoms with Crippen molar-refractivity contribution >= 4 is 17.2 Å². The molecular formula is C17H23N3OS. The van der Waals surface area contributed by atoms with Crippen LogP contribution in [-0.2, 0) is 17.8 Å². The van der Waals surface area contributed by atoms with Crippen LogP contribution < -0.4 is 0 Å². The minimum Gasteiger partial charge on any atom is -0.340 e. The van der Waals surface area contributed by atoms with Gasteiger partial charge in [-0.25, -0.2) is 4.98 Å². The Morgan fingerprint density at radius 2 is 2.36 bits per heavy atom. The Bertz CT molecular complexity index is 565. The average molecular weight is 317 g/mol. The smallest absolute Gasteiger partial charge is 0.223 e. The highest BCUT2D eigenvalue weighted by molar-refractivity contribution is 7.07. The first kappa shape index (κ1) is 15.3. The fraction of sp³-hybridized carbons (Fsp3) is 0.529. The van der Waals surface area contributed by atoms with Gasteiger partial charge in [0, 0.05) is 37.9 Å². The number of aryl methyl sites for hydroxylation is 2. The number of amides is 1. The third-order valence-electron chi connectivity index (χ3n) is 4.43. The van der Waals surface area contributed by atoms with E-state index >= 15 is 0 Å². The van der Waals surface area contributed by atoms with Crippen LogP contribution in [0.2, 0.25) is 0 Å². The van der Waals surface area contributed by atoms with Crippen molar-refractivity contribution in [2.45, 2.75) is 51.1 Å². The second-order valence-electron chi connectivity index (χ2n) is 5.96. The summed E-state index contributed by atoms with van der Waals surface area (Å²) in [4.78, 5) is 18.8. The van der Waals surface area contributed by atoms with Crippen molar-refractivity contribution in [1.82, 2.24) is 14.5 Å². The van der Waals surface area contributed by atoms with E-state index in [0.29, 0.717) is 18.4 Å². The van der Waals surface area contributed by atoms with E-state index in [2.05, 4.69) is 31.3 Å². The van der Waals surface area contributed by atoms with Crippen LogP contribution in [0.5, 0.6) is 0 Å². The van der Waals surface area contributed by atoms with Gasteiger partial charge in [0.15, 0.2) is 0 Å². The molecule has 1 aliphatic rings. The van der Waals surface area contributed by atoms with Gasteiger partial charge in [-0.1, -0.05) is 0 Å². The van der Waals surface area contributed by atoms with Crippen molar-refractivity contribution in [3.05, 3.63) is 41.1 Å². The summed E-state index contributed by atoms with van der Waals surface area (Å²) in [5, 5.41) is 4.22. The largest absolute Gasteiger partial charge is 0.340 e. The summed E-state index contributed by atoms with van der Waals surface area (Å²) in [7, 11) is 0. The molecule has 4 nitrogen and oxygen atoms in total. The Labute approximate surface area is 135 Å². The number of carbonyl (C=O) groups excluding carboxylic acids is 1. The Kier molecular flexibility index (Phi) is 5.27. The lowest BCUT2D eigenvalue weighted by Crippen LogP contribution is -2.44. The lowest BCUT2D eigenvalue weighted by molar-refractivity contribution is -0.135. The SMILES string of the molecule is O=C(CCc1ccsc1)N1CCCC[C@H]1CCn1ccnc1. The van der Waals surface area contributed by atoms with Crippen LogP contribution in [0.1, 0.15) is 37.7 Å². The molecule has 1 atom stereocenters. The summed E-state index contributed by atoms with van der Waals surface area (Å²) in [6, 6.07) is 2.51. The van der Waals surface area contributed by atoms with Gasteiger partial charge in [0.1, 0.15) is 0 Å². The van der Waals surface area contributed by atoms with Crippen LogP contribution in [0.25, 0.3) is 0 Å². The molecule has 1 amide bonds. The molecule has 0 saturated carbocycles. The highest BCUT2D eigenvalue weighted by Crippen LogP contribution is 2.22. The number of imidazole rings is 1. The monoisotopic (exact) mass is 317 g/mol. The van der Waals surface area contributed by atoms with Gasteiger partial charge in [-0.2, -0.15) is 11.3 Å². The zero-order chi connectivity index (χ0) is 15.2. The maximum absolute atomic E-state index is 12.6. The maximum atomic E-state index is 12.6. The van der Waals surface area contributed by atoms with Crippen molar-refractivity contribution in [3.63, 3.8) is 0 Å². The van der Waals surface area contributed by atoms with Gasteiger partial charge in [-0.05, 0) is 54.5 Å². The van der Waals surface area contributed by atoms with Crippen molar-refractivity contribution < 1.29 is 4.79 Å². The average Bonchev–Trinajstić information content (AvgIpc) is 3.24. The molecule has 2 aromatic heterocycles. The van der Waals surface area contributed by atoms with E-state index in [1.807, 2.05) is 18.7 Å². The second-order valence-corrected chi connectivity index (χ2v) is 6.74. The third kappa shape index (κ3) is 3.97. The molecule has 0 aromatic carbocycles. The topological polar surface area (TPSA) is 38.1 Å². The maximum Gasteiger partial charge on any atom is 0.223 e. The summed E-state index contributed by atoms with van der Waals surface area (Å²) in [6.07, 6.45) is 11.7. The van der Waals surface area contributed by atoms with E-state index in [1.165, 1.54) is 12.0 Å². The number of rotatable bonds is 6. The van der Waals surface area contributed by atoms with Gasteiger partial charge < -0.3 is 9.47 Å². The summed E-state index contributed by atoms with van der Waals surface area (Å²) in [6.45, 7) is 1.87. The van der Waals surface area contributed by atoms with E-state index in [-0.39, 0.29) is 0 Å². The van der Waals surface area contributed by atoms with Crippen LogP contribution in [-0.4, -0.2) is 32.9 Å². The van der Waals surface area contributed by atoms with Crippen LogP contribution in [0.4, 0.5) is 0 Å². The number of thiophene rings is 1. The molecule has 0 N–H and O–H groups in total. The number of piperidine rings is 1. The molecule has 0 spiro atoms. The molecular weight excluding hydrogens is 294 g/mol. The lowest BCUT2D eigenvalue weighted by atomic mass is 9.98. The number of aromatic nitrogens is 2. The van der Waals surface area contributed by atoms with E-state index in [0.717, 1.165) is 38.8 Å². The normalized spacial score (nSPS) is 18.5. The molecule has 2 aromatic rings. The predicted octanol–water partition coefficient (Wildman–Crippen LogP) is 3.35. The summed E-state index contributed by atoms with van der Waals surface area (Å²) in [5.74, 6) is 0.321. The molecule has 118 valence electrons. The first-order valence-electron chi connectivity index (χ1n) is 8.09. The molecule has 3 rings (SSSR count). The lowest BCUT2D eigenvalue weighted by Gasteiger charge is -2.36. The Morgan fingerprint density at radius 1 is 1.41 bits per heavy atom. The first-order chi connectivity index (χ1) is 10.8. The second kappa shape index (κ2) is 7.58. The Hall–Kier alpha value is -1.62. The van der Waals surface area contributed by atoms with Crippen LogP contribution >= 0.6 is 11.3 Å². The van der Waals surface area contributed by atoms with Gasteiger partial charge in [0.05, 0.1) is 6.33 Å². The molecule has 0 radical (unpaired) electrons. The van der Waals surface area contributed by atoms with E-state index in [1.54, 1.807) is 11.3 Å². The van der Waals surface area contributed by atoms with E-state index < -0.39 is 0 Å². The number of carbonyl (C=O) groups is 1. The van der Waals surface area contributed by atoms with E-state index in [9.17, 15) is 4.79 Å². The highest BCUT2D eigenvalue weighted by Gasteiger charge is 2.26. The summed E-state index contributed by atoms with van der Waals surface area (Å²) >= 11 is 1.70. The van der Waals surface area contributed by atoms with Crippen molar-refractivity contribution in [3.8, 4) is 0 Å². The quantitative estimate of drug-likeness (QED) is 0.819. The van der Waals surface area contributed by atoms with Crippen LogP contribution in [0.3, 0.4) is 0 Å². The number of hydrogen-bond donors (Lipinski definition) is 0.